The maximum atomic E-state index is 2.37. The maximum absolute atomic E-state index is 2.37. The monoisotopic (exact) mass is 246 g/mol. The van der Waals surface area contributed by atoms with Gasteiger partial charge >= 0.3 is 0 Å². The molecule has 0 aliphatic rings. The molecule has 0 saturated carbocycles. The lowest BCUT2D eigenvalue weighted by atomic mass is 9.94. The van der Waals surface area contributed by atoms with Gasteiger partial charge in [-0.05, 0) is 17.5 Å². The van der Waals surface area contributed by atoms with Crippen molar-refractivity contribution in [2.24, 2.45) is 0 Å². The van der Waals surface area contributed by atoms with Crippen LogP contribution in [0.1, 0.15) is 25.6 Å². The summed E-state index contributed by atoms with van der Waals surface area (Å²) in [4.78, 5) is 1.49. The average Bonchev–Trinajstić information content (AvgIpc) is 2.72. The summed E-state index contributed by atoms with van der Waals surface area (Å²) < 4.78 is 2.87. The maximum Gasteiger partial charge on any atom is 0.0880 e. The van der Waals surface area contributed by atoms with Gasteiger partial charge in [0, 0.05) is 20.3 Å². The van der Waals surface area contributed by atoms with Crippen LogP contribution in [0, 0.1) is 0 Å². The van der Waals surface area contributed by atoms with E-state index in [-0.39, 0.29) is 5.41 Å². The topological polar surface area (TPSA) is 0 Å². The van der Waals surface area contributed by atoms with E-state index in [9.17, 15) is 0 Å². The minimum Gasteiger partial charge on any atom is -0.129 e. The van der Waals surface area contributed by atoms with Crippen molar-refractivity contribution in [3.63, 3.8) is 0 Å². The van der Waals surface area contributed by atoms with Crippen molar-refractivity contribution < 1.29 is 0 Å². The molecule has 0 nitrogen and oxygen atoms in total. The minimum atomic E-state index is 0.268. The van der Waals surface area contributed by atoms with E-state index in [2.05, 4.69) is 51.1 Å². The minimum absolute atomic E-state index is 0.268. The smallest absolute Gasteiger partial charge is 0.0880 e. The van der Waals surface area contributed by atoms with Crippen LogP contribution in [0.4, 0.5) is 0 Å². The molecule has 0 unspecified atom stereocenters. The second-order valence-corrected chi connectivity index (χ2v) is 7.52. The van der Waals surface area contributed by atoms with Gasteiger partial charge in [-0.1, -0.05) is 39.0 Å². The van der Waals surface area contributed by atoms with Gasteiger partial charge in [-0.25, -0.2) is 0 Å². The van der Waals surface area contributed by atoms with Crippen molar-refractivity contribution >= 4 is 42.2 Å². The molecule has 1 aromatic carbocycles. The Morgan fingerprint density at radius 3 is 2.44 bits per heavy atom. The van der Waals surface area contributed by atoms with Gasteiger partial charge in [0.05, 0.1) is 4.01 Å². The van der Waals surface area contributed by atoms with Gasteiger partial charge in [-0.2, -0.15) is 0 Å². The molecule has 0 radical (unpaired) electrons. The van der Waals surface area contributed by atoms with Crippen molar-refractivity contribution in [2.75, 3.05) is 0 Å². The van der Waals surface area contributed by atoms with Gasteiger partial charge in [0.25, 0.3) is 0 Å². The predicted octanol–water partition coefficient (Wildman–Crippen LogP) is 5.41. The third-order valence-electron chi connectivity index (χ3n) is 2.82. The fraction of sp³-hybridized carbons (Fsp3) is 0.286. The van der Waals surface area contributed by atoms with E-state index in [1.54, 1.807) is 0 Å². The molecular weight excluding hydrogens is 232 g/mol. The summed E-state index contributed by atoms with van der Waals surface area (Å²) >= 11 is 3.87. The average molecular weight is 246 g/mol. The molecule has 0 aliphatic heterocycles. The molecule has 2 heterocycles. The van der Waals surface area contributed by atoms with Gasteiger partial charge < -0.3 is 0 Å². The van der Waals surface area contributed by atoms with Crippen molar-refractivity contribution in [3.05, 3.63) is 35.2 Å². The van der Waals surface area contributed by atoms with Crippen molar-refractivity contribution in [1.29, 1.82) is 0 Å². The largest absolute Gasteiger partial charge is 0.129 e. The molecular formula is C14H14S2. The fourth-order valence-corrected chi connectivity index (χ4v) is 4.47. The van der Waals surface area contributed by atoms with Crippen LogP contribution >= 0.6 is 22.7 Å². The lowest BCUT2D eigenvalue weighted by molar-refractivity contribution is 0.604. The molecule has 82 valence electrons. The summed E-state index contributed by atoms with van der Waals surface area (Å²) in [5.74, 6) is 0. The molecule has 0 spiro atoms. The molecule has 16 heavy (non-hydrogen) atoms. The number of rotatable bonds is 0. The van der Waals surface area contributed by atoms with E-state index < -0.39 is 0 Å². The number of benzene rings is 1. The normalized spacial score (nSPS) is 12.7. The second kappa shape index (κ2) is 3.31. The molecule has 0 N–H and O–H groups in total. The summed E-state index contributed by atoms with van der Waals surface area (Å²) in [6.45, 7) is 6.85. The highest BCUT2D eigenvalue weighted by atomic mass is 32.2. The Hall–Kier alpha value is -0.860. The molecule has 0 aliphatic carbocycles. The number of hydrogen-bond acceptors (Lipinski definition) is 2. The Balaban J connectivity index is 2.35. The van der Waals surface area contributed by atoms with Crippen LogP contribution in [0.25, 0.3) is 19.5 Å². The van der Waals surface area contributed by atoms with Crippen LogP contribution in [-0.2, 0) is 5.41 Å². The first-order valence-corrected chi connectivity index (χ1v) is 7.10. The lowest BCUT2D eigenvalue weighted by Gasteiger charge is -2.15. The van der Waals surface area contributed by atoms with Crippen LogP contribution in [0.5, 0.6) is 0 Å². The highest BCUT2D eigenvalue weighted by Gasteiger charge is 2.18. The zero-order valence-electron chi connectivity index (χ0n) is 9.70. The Bertz CT molecular complexity index is 650. The Morgan fingerprint density at radius 1 is 0.938 bits per heavy atom. The first kappa shape index (κ1) is 10.3. The van der Waals surface area contributed by atoms with Crippen molar-refractivity contribution in [3.8, 4) is 0 Å². The van der Waals surface area contributed by atoms with E-state index in [4.69, 9.17) is 0 Å². The Kier molecular flexibility index (Phi) is 2.13. The second-order valence-electron chi connectivity index (χ2n) is 5.16. The number of fused-ring (bicyclic) bond motifs is 3. The molecule has 3 rings (SSSR count). The molecule has 2 heteroatoms. The molecule has 0 atom stereocenters. The molecule has 0 amide bonds. The van der Waals surface area contributed by atoms with Gasteiger partial charge in [0.2, 0.25) is 0 Å². The van der Waals surface area contributed by atoms with Gasteiger partial charge in [-0.15, -0.1) is 22.7 Å². The molecule has 2 aromatic heterocycles. The number of hydrogen-bond donors (Lipinski definition) is 0. The van der Waals surface area contributed by atoms with E-state index in [0.29, 0.717) is 0 Å². The molecule has 0 saturated heterocycles. The summed E-state index contributed by atoms with van der Waals surface area (Å²) in [5, 5.41) is 2.85. The van der Waals surface area contributed by atoms with Crippen LogP contribution in [0.3, 0.4) is 0 Å². The van der Waals surface area contributed by atoms with E-state index in [0.717, 1.165) is 0 Å². The van der Waals surface area contributed by atoms with Gasteiger partial charge in [-0.3, -0.25) is 0 Å². The first-order valence-electron chi connectivity index (χ1n) is 5.47. The van der Waals surface area contributed by atoms with E-state index in [1.807, 2.05) is 22.7 Å². The van der Waals surface area contributed by atoms with E-state index >= 15 is 0 Å². The first-order chi connectivity index (χ1) is 7.55. The SMILES string of the molecule is CC(C)(C)c1cc2c(s1)sc1ccccc12. The quantitative estimate of drug-likeness (QED) is 0.497. The number of thiophene rings is 2. The predicted molar refractivity (Wildman–Crippen MR) is 75.9 cm³/mol. The Morgan fingerprint density at radius 2 is 1.69 bits per heavy atom. The third-order valence-corrected chi connectivity index (χ3v) is 5.65. The van der Waals surface area contributed by atoms with Crippen LogP contribution < -0.4 is 0 Å². The zero-order valence-corrected chi connectivity index (χ0v) is 11.3. The highest BCUT2D eigenvalue weighted by molar-refractivity contribution is 7.41. The fourth-order valence-electron chi connectivity index (χ4n) is 1.89. The summed E-state index contributed by atoms with van der Waals surface area (Å²) in [6, 6.07) is 11.1. The van der Waals surface area contributed by atoms with Crippen molar-refractivity contribution in [2.45, 2.75) is 26.2 Å². The lowest BCUT2D eigenvalue weighted by Crippen LogP contribution is -2.07. The van der Waals surface area contributed by atoms with Crippen LogP contribution in [-0.4, -0.2) is 0 Å². The van der Waals surface area contributed by atoms with Crippen molar-refractivity contribution in [1.82, 2.24) is 0 Å². The van der Waals surface area contributed by atoms with Crippen LogP contribution in [0.15, 0.2) is 30.3 Å². The zero-order chi connectivity index (χ0) is 11.3. The third kappa shape index (κ3) is 1.48. The van der Waals surface area contributed by atoms with Gasteiger partial charge in [0.1, 0.15) is 0 Å². The molecule has 0 fully saturated rings. The molecule has 0 bridgehead atoms. The standard InChI is InChI=1S/C14H14S2/c1-14(2,3)12-8-10-9-6-4-5-7-11(9)15-13(10)16-12/h4-8H,1-3H3. The summed E-state index contributed by atoms with van der Waals surface area (Å²) in [7, 11) is 0. The highest BCUT2D eigenvalue weighted by Crippen LogP contribution is 2.42. The Labute approximate surface area is 104 Å². The summed E-state index contributed by atoms with van der Waals surface area (Å²) in [6.07, 6.45) is 0. The van der Waals surface area contributed by atoms with Crippen LogP contribution in [0.2, 0.25) is 0 Å². The van der Waals surface area contributed by atoms with Gasteiger partial charge in [0.15, 0.2) is 0 Å². The molecule has 3 aromatic rings. The van der Waals surface area contributed by atoms with E-state index in [1.165, 1.54) is 24.4 Å². The summed E-state index contributed by atoms with van der Waals surface area (Å²) in [5.41, 5.74) is 0.268.